The molecule has 162 valence electrons. The summed E-state index contributed by atoms with van der Waals surface area (Å²) >= 11 is 1.67. The molecule has 0 aromatic heterocycles. The van der Waals surface area contributed by atoms with Gasteiger partial charge in [-0.15, -0.1) is 11.8 Å². The minimum Gasteiger partial charge on any atom is -0.354 e. The van der Waals surface area contributed by atoms with Crippen molar-refractivity contribution in [3.63, 3.8) is 0 Å². The van der Waals surface area contributed by atoms with Crippen LogP contribution in [0.15, 0.2) is 53.4 Å². The summed E-state index contributed by atoms with van der Waals surface area (Å²) in [5.41, 5.74) is 3.42. The van der Waals surface area contributed by atoms with Crippen LogP contribution < -0.4 is 5.32 Å². The molecule has 2 rings (SSSR count). The number of carbonyl (C=O) groups is 2. The largest absolute Gasteiger partial charge is 0.354 e. The Kier molecular flexibility index (Phi) is 9.95. The van der Waals surface area contributed by atoms with Gasteiger partial charge in [0.2, 0.25) is 11.8 Å². The van der Waals surface area contributed by atoms with Crippen molar-refractivity contribution < 1.29 is 9.59 Å². The Morgan fingerprint density at radius 2 is 1.80 bits per heavy atom. The van der Waals surface area contributed by atoms with Gasteiger partial charge >= 0.3 is 0 Å². The number of thioether (sulfide) groups is 1. The Morgan fingerprint density at radius 3 is 2.47 bits per heavy atom. The Morgan fingerprint density at radius 1 is 1.07 bits per heavy atom. The molecule has 0 heterocycles. The number of nitrogens with zero attached hydrogens (tertiary/aromatic N) is 1. The molecule has 0 aliphatic carbocycles. The second-order valence-corrected chi connectivity index (χ2v) is 8.91. The molecular weight excluding hydrogens is 392 g/mol. The zero-order valence-corrected chi connectivity index (χ0v) is 19.4. The molecule has 0 saturated heterocycles. The topological polar surface area (TPSA) is 49.4 Å². The summed E-state index contributed by atoms with van der Waals surface area (Å²) < 4.78 is 0. The van der Waals surface area contributed by atoms with Gasteiger partial charge in [0.25, 0.3) is 0 Å². The average molecular weight is 427 g/mol. The van der Waals surface area contributed by atoms with E-state index in [1.165, 1.54) is 5.56 Å². The van der Waals surface area contributed by atoms with Gasteiger partial charge in [-0.1, -0.05) is 60.9 Å². The third-order valence-electron chi connectivity index (χ3n) is 5.04. The first-order chi connectivity index (χ1) is 14.4. The van der Waals surface area contributed by atoms with Crippen LogP contribution in [-0.4, -0.2) is 35.1 Å². The Labute approximate surface area is 185 Å². The third kappa shape index (κ3) is 7.86. The summed E-state index contributed by atoms with van der Waals surface area (Å²) in [6.07, 6.45) is 2.37. The van der Waals surface area contributed by atoms with E-state index in [1.807, 2.05) is 32.0 Å². The number of benzene rings is 2. The quantitative estimate of drug-likeness (QED) is 0.401. The molecular formula is C25H34N2O2S. The van der Waals surface area contributed by atoms with Crippen molar-refractivity contribution in [3.05, 3.63) is 65.2 Å². The molecule has 2 amide bonds. The lowest BCUT2D eigenvalue weighted by molar-refractivity contribution is -0.140. The lowest BCUT2D eigenvalue weighted by Gasteiger charge is -2.29. The number of carbonyl (C=O) groups excluding carboxylic acids is 2. The van der Waals surface area contributed by atoms with Crippen LogP contribution in [-0.2, 0) is 16.1 Å². The highest BCUT2D eigenvalue weighted by Crippen LogP contribution is 2.20. The highest BCUT2D eigenvalue weighted by Gasteiger charge is 2.25. The summed E-state index contributed by atoms with van der Waals surface area (Å²) in [6.45, 7) is 9.10. The van der Waals surface area contributed by atoms with Crippen molar-refractivity contribution in [3.8, 4) is 0 Å². The van der Waals surface area contributed by atoms with Gasteiger partial charge in [0.15, 0.2) is 0 Å². The van der Waals surface area contributed by atoms with E-state index in [1.54, 1.807) is 16.7 Å². The minimum atomic E-state index is -0.501. The molecule has 0 unspecified atom stereocenters. The van der Waals surface area contributed by atoms with Crippen molar-refractivity contribution in [1.29, 1.82) is 0 Å². The monoisotopic (exact) mass is 426 g/mol. The van der Waals surface area contributed by atoms with Crippen molar-refractivity contribution in [2.75, 3.05) is 12.3 Å². The summed E-state index contributed by atoms with van der Waals surface area (Å²) in [7, 11) is 0. The highest BCUT2D eigenvalue weighted by molar-refractivity contribution is 7.99. The van der Waals surface area contributed by atoms with Crippen molar-refractivity contribution >= 4 is 23.6 Å². The fourth-order valence-electron chi connectivity index (χ4n) is 3.16. The minimum absolute atomic E-state index is 0.00857. The van der Waals surface area contributed by atoms with E-state index in [0.29, 0.717) is 25.3 Å². The lowest BCUT2D eigenvalue weighted by atomic mass is 10.1. The summed E-state index contributed by atoms with van der Waals surface area (Å²) in [4.78, 5) is 28.6. The van der Waals surface area contributed by atoms with E-state index >= 15 is 0 Å². The maximum Gasteiger partial charge on any atom is 0.242 e. The number of aryl methyl sites for hydroxylation is 2. The first kappa shape index (κ1) is 24.0. The number of unbranched alkanes of at least 4 members (excludes halogenated alkanes) is 1. The molecule has 0 radical (unpaired) electrons. The van der Waals surface area contributed by atoms with E-state index in [-0.39, 0.29) is 11.8 Å². The summed E-state index contributed by atoms with van der Waals surface area (Å²) in [6, 6.07) is 15.9. The average Bonchev–Trinajstić information content (AvgIpc) is 2.73. The smallest absolute Gasteiger partial charge is 0.242 e. The van der Waals surface area contributed by atoms with Gasteiger partial charge in [0.05, 0.1) is 0 Å². The number of amides is 2. The fraction of sp³-hybridized carbons (Fsp3) is 0.440. The molecule has 0 bridgehead atoms. The van der Waals surface area contributed by atoms with Crippen LogP contribution in [0.1, 0.15) is 49.8 Å². The standard InChI is InChI=1S/C25H34N2O2S/c1-5-6-15-26-25(29)21(4)27(18-22-9-7-8-20(3)17-22)24(28)14-16-30-23-12-10-19(2)11-13-23/h7-13,17,21H,5-6,14-16,18H2,1-4H3,(H,26,29)/t21-/m0/s1. The van der Waals surface area contributed by atoms with Crippen molar-refractivity contribution in [1.82, 2.24) is 10.2 Å². The normalized spacial score (nSPS) is 11.7. The van der Waals surface area contributed by atoms with Gasteiger partial charge in [-0.25, -0.2) is 0 Å². The van der Waals surface area contributed by atoms with Crippen LogP contribution in [0.2, 0.25) is 0 Å². The fourth-order valence-corrected chi connectivity index (χ4v) is 4.00. The van der Waals surface area contributed by atoms with Crippen LogP contribution in [0.3, 0.4) is 0 Å². The predicted octanol–water partition coefficient (Wildman–Crippen LogP) is 5.12. The van der Waals surface area contributed by atoms with Crippen LogP contribution in [0, 0.1) is 13.8 Å². The molecule has 5 heteroatoms. The van der Waals surface area contributed by atoms with Gasteiger partial charge in [-0.3, -0.25) is 9.59 Å². The van der Waals surface area contributed by atoms with Crippen LogP contribution >= 0.6 is 11.8 Å². The van der Waals surface area contributed by atoms with E-state index in [0.717, 1.165) is 28.9 Å². The maximum absolute atomic E-state index is 13.1. The Bertz CT molecular complexity index is 820. The molecule has 0 saturated carbocycles. The van der Waals surface area contributed by atoms with Crippen LogP contribution in [0.25, 0.3) is 0 Å². The zero-order chi connectivity index (χ0) is 21.9. The van der Waals surface area contributed by atoms with Gasteiger partial charge in [-0.2, -0.15) is 0 Å². The molecule has 4 nitrogen and oxygen atoms in total. The zero-order valence-electron chi connectivity index (χ0n) is 18.6. The van der Waals surface area contributed by atoms with E-state index in [2.05, 4.69) is 49.5 Å². The van der Waals surface area contributed by atoms with Crippen molar-refractivity contribution in [2.24, 2.45) is 0 Å². The maximum atomic E-state index is 13.1. The van der Waals surface area contributed by atoms with Crippen LogP contribution in [0.4, 0.5) is 0 Å². The number of hydrogen-bond acceptors (Lipinski definition) is 3. The first-order valence-corrected chi connectivity index (χ1v) is 11.7. The SMILES string of the molecule is CCCCNC(=O)[C@H](C)N(Cc1cccc(C)c1)C(=O)CCSc1ccc(C)cc1. The molecule has 0 fully saturated rings. The Balaban J connectivity index is 2.03. The van der Waals surface area contributed by atoms with Gasteiger partial charge in [0.1, 0.15) is 6.04 Å². The van der Waals surface area contributed by atoms with Gasteiger partial charge < -0.3 is 10.2 Å². The van der Waals surface area contributed by atoms with Gasteiger partial charge in [-0.05, 0) is 44.9 Å². The molecule has 0 spiro atoms. The first-order valence-electron chi connectivity index (χ1n) is 10.7. The second-order valence-electron chi connectivity index (χ2n) is 7.74. The molecule has 0 aliphatic rings. The molecule has 2 aromatic rings. The third-order valence-corrected chi connectivity index (χ3v) is 6.05. The number of nitrogens with one attached hydrogen (secondary N) is 1. The molecule has 30 heavy (non-hydrogen) atoms. The molecule has 0 aliphatic heterocycles. The molecule has 2 aromatic carbocycles. The van der Waals surface area contributed by atoms with Gasteiger partial charge in [0, 0.05) is 30.2 Å². The molecule has 1 N–H and O–H groups in total. The molecule has 1 atom stereocenters. The number of rotatable bonds is 11. The highest BCUT2D eigenvalue weighted by atomic mass is 32.2. The van der Waals surface area contributed by atoms with Crippen LogP contribution in [0.5, 0.6) is 0 Å². The summed E-state index contributed by atoms with van der Waals surface area (Å²) in [5.74, 6) is 0.612. The second kappa shape index (κ2) is 12.4. The lowest BCUT2D eigenvalue weighted by Crippen LogP contribution is -2.47. The van der Waals surface area contributed by atoms with E-state index < -0.39 is 6.04 Å². The van der Waals surface area contributed by atoms with E-state index in [9.17, 15) is 9.59 Å². The Hall–Kier alpha value is -2.27. The predicted molar refractivity (Wildman–Crippen MR) is 126 cm³/mol. The summed E-state index contributed by atoms with van der Waals surface area (Å²) in [5, 5.41) is 2.97. The van der Waals surface area contributed by atoms with E-state index in [4.69, 9.17) is 0 Å². The van der Waals surface area contributed by atoms with Crippen molar-refractivity contribution in [2.45, 2.75) is 64.4 Å². The number of hydrogen-bond donors (Lipinski definition) is 1.